The first-order valence-electron chi connectivity index (χ1n) is 3.14. The highest BCUT2D eigenvalue weighted by atomic mass is 16.3. The molecule has 0 aromatic carbocycles. The summed E-state index contributed by atoms with van der Waals surface area (Å²) in [7, 11) is 0. The highest BCUT2D eigenvalue weighted by Crippen LogP contribution is 2.04. The lowest BCUT2D eigenvalue weighted by Gasteiger charge is -2.06. The van der Waals surface area contributed by atoms with Gasteiger partial charge in [-0.1, -0.05) is 12.2 Å². The molecular formula is C8H14O. The molecule has 0 aliphatic rings. The molecule has 0 amide bonds. The molecular weight excluding hydrogens is 112 g/mol. The Balaban J connectivity index is 3.72. The van der Waals surface area contributed by atoms with Crippen molar-refractivity contribution in [3.05, 3.63) is 24.3 Å². The molecule has 1 N–H and O–H groups in total. The second kappa shape index (κ2) is 4.33. The molecule has 1 nitrogen and oxygen atoms in total. The second-order valence-electron chi connectivity index (χ2n) is 2.07. The van der Waals surface area contributed by atoms with Gasteiger partial charge in [0.15, 0.2) is 0 Å². The highest BCUT2D eigenvalue weighted by molar-refractivity contribution is 5.04. The minimum absolute atomic E-state index is 0.326. The minimum Gasteiger partial charge on any atom is -0.388 e. The van der Waals surface area contributed by atoms with Crippen LogP contribution in [0.2, 0.25) is 0 Å². The first-order valence-corrected chi connectivity index (χ1v) is 3.14. The molecule has 0 fully saturated rings. The van der Waals surface area contributed by atoms with E-state index in [-0.39, 0.29) is 6.10 Å². The van der Waals surface area contributed by atoms with Crippen molar-refractivity contribution in [2.24, 2.45) is 0 Å². The molecule has 9 heavy (non-hydrogen) atoms. The van der Waals surface area contributed by atoms with Crippen LogP contribution in [0, 0.1) is 0 Å². The topological polar surface area (TPSA) is 20.2 Å². The molecule has 0 aromatic heterocycles. The summed E-state index contributed by atoms with van der Waals surface area (Å²) in [5.74, 6) is 0. The third-order valence-corrected chi connectivity index (χ3v) is 1.37. The summed E-state index contributed by atoms with van der Waals surface area (Å²) in [6, 6.07) is 0. The predicted octanol–water partition coefficient (Wildman–Crippen LogP) is 1.89. The first kappa shape index (κ1) is 8.44. The van der Waals surface area contributed by atoms with Gasteiger partial charge in [0.25, 0.3) is 0 Å². The van der Waals surface area contributed by atoms with Crippen LogP contribution in [0.25, 0.3) is 0 Å². The van der Waals surface area contributed by atoms with Gasteiger partial charge in [-0.15, -0.1) is 6.58 Å². The molecule has 0 saturated carbocycles. The normalized spacial score (nSPS) is 15.2. The van der Waals surface area contributed by atoms with Crippen molar-refractivity contribution in [1.82, 2.24) is 0 Å². The van der Waals surface area contributed by atoms with Crippen LogP contribution in [0.3, 0.4) is 0 Å². The van der Waals surface area contributed by atoms with Gasteiger partial charge >= 0.3 is 0 Å². The zero-order valence-electron chi connectivity index (χ0n) is 6.09. The van der Waals surface area contributed by atoms with E-state index < -0.39 is 0 Å². The number of hydrogen-bond donors (Lipinski definition) is 1. The molecule has 1 unspecified atom stereocenters. The molecule has 0 radical (unpaired) electrons. The van der Waals surface area contributed by atoms with Crippen molar-refractivity contribution in [3.8, 4) is 0 Å². The summed E-state index contributed by atoms with van der Waals surface area (Å²) < 4.78 is 0. The lowest BCUT2D eigenvalue weighted by molar-refractivity contribution is 0.214. The van der Waals surface area contributed by atoms with E-state index in [9.17, 15) is 5.11 Å². The fraction of sp³-hybridized carbons (Fsp3) is 0.500. The molecule has 0 bridgehead atoms. The van der Waals surface area contributed by atoms with Gasteiger partial charge in [0.1, 0.15) is 0 Å². The Kier molecular flexibility index (Phi) is 4.06. The van der Waals surface area contributed by atoms with Gasteiger partial charge in [-0.2, -0.15) is 0 Å². The molecule has 0 aliphatic carbocycles. The fourth-order valence-electron chi connectivity index (χ4n) is 0.536. The molecule has 52 valence electrons. The molecule has 0 heterocycles. The van der Waals surface area contributed by atoms with Gasteiger partial charge in [0.05, 0.1) is 6.10 Å². The summed E-state index contributed by atoms with van der Waals surface area (Å²) in [6.45, 7) is 7.36. The average molecular weight is 126 g/mol. The Morgan fingerprint density at radius 1 is 1.78 bits per heavy atom. The number of hydrogen-bond acceptors (Lipinski definition) is 1. The maximum absolute atomic E-state index is 9.18. The maximum Gasteiger partial charge on any atom is 0.0781 e. The zero-order chi connectivity index (χ0) is 7.28. The van der Waals surface area contributed by atoms with E-state index in [0.717, 1.165) is 5.57 Å². The van der Waals surface area contributed by atoms with Crippen molar-refractivity contribution in [1.29, 1.82) is 0 Å². The summed E-state index contributed by atoms with van der Waals surface area (Å²) in [4.78, 5) is 0. The molecule has 0 spiro atoms. The average Bonchev–Trinajstić information content (AvgIpc) is 1.87. The number of aliphatic hydroxyl groups excluding tert-OH is 1. The lowest BCUT2D eigenvalue weighted by Crippen LogP contribution is -2.05. The maximum atomic E-state index is 9.18. The third-order valence-electron chi connectivity index (χ3n) is 1.37. The Morgan fingerprint density at radius 3 is 2.67 bits per heavy atom. The Morgan fingerprint density at radius 2 is 2.33 bits per heavy atom. The van der Waals surface area contributed by atoms with Crippen LogP contribution in [0.4, 0.5) is 0 Å². The molecule has 1 heteroatoms. The van der Waals surface area contributed by atoms with E-state index in [4.69, 9.17) is 0 Å². The van der Waals surface area contributed by atoms with Crippen molar-refractivity contribution >= 4 is 0 Å². The van der Waals surface area contributed by atoms with Crippen LogP contribution in [0.5, 0.6) is 0 Å². The van der Waals surface area contributed by atoms with E-state index in [1.807, 2.05) is 19.9 Å². The number of rotatable bonds is 3. The van der Waals surface area contributed by atoms with E-state index >= 15 is 0 Å². The van der Waals surface area contributed by atoms with Crippen LogP contribution in [0.15, 0.2) is 24.3 Å². The van der Waals surface area contributed by atoms with Gasteiger partial charge in [-0.25, -0.2) is 0 Å². The number of aliphatic hydroxyl groups is 1. The predicted molar refractivity (Wildman–Crippen MR) is 40.3 cm³/mol. The van der Waals surface area contributed by atoms with Crippen LogP contribution in [-0.2, 0) is 0 Å². The Labute approximate surface area is 56.7 Å². The monoisotopic (exact) mass is 126 g/mol. The van der Waals surface area contributed by atoms with Crippen LogP contribution in [-0.4, -0.2) is 11.2 Å². The SMILES string of the molecule is C=CCC(O)C(C)=CC. The standard InChI is InChI=1S/C8H14O/c1-4-6-8(9)7(3)5-2/h4-5,8-9H,1,6H2,2-3H3. The van der Waals surface area contributed by atoms with E-state index in [2.05, 4.69) is 6.58 Å². The minimum atomic E-state index is -0.326. The van der Waals surface area contributed by atoms with Crippen molar-refractivity contribution < 1.29 is 5.11 Å². The molecule has 1 atom stereocenters. The lowest BCUT2D eigenvalue weighted by atomic mass is 10.1. The van der Waals surface area contributed by atoms with Crippen molar-refractivity contribution in [2.45, 2.75) is 26.4 Å². The Hall–Kier alpha value is -0.560. The first-order chi connectivity index (χ1) is 4.22. The number of allylic oxidation sites excluding steroid dienone is 1. The summed E-state index contributed by atoms with van der Waals surface area (Å²) >= 11 is 0. The largest absolute Gasteiger partial charge is 0.388 e. The van der Waals surface area contributed by atoms with Crippen molar-refractivity contribution in [2.75, 3.05) is 0 Å². The molecule has 0 aliphatic heterocycles. The third kappa shape index (κ3) is 3.09. The van der Waals surface area contributed by atoms with E-state index in [1.165, 1.54) is 0 Å². The smallest absolute Gasteiger partial charge is 0.0781 e. The molecule has 0 saturated heterocycles. The van der Waals surface area contributed by atoms with E-state index in [1.54, 1.807) is 6.08 Å². The van der Waals surface area contributed by atoms with Gasteiger partial charge < -0.3 is 5.11 Å². The van der Waals surface area contributed by atoms with Gasteiger partial charge in [-0.3, -0.25) is 0 Å². The van der Waals surface area contributed by atoms with Crippen LogP contribution >= 0.6 is 0 Å². The van der Waals surface area contributed by atoms with E-state index in [0.29, 0.717) is 6.42 Å². The summed E-state index contributed by atoms with van der Waals surface area (Å²) in [5.41, 5.74) is 1.01. The summed E-state index contributed by atoms with van der Waals surface area (Å²) in [6.07, 6.45) is 3.95. The quantitative estimate of drug-likeness (QED) is 0.572. The second-order valence-corrected chi connectivity index (χ2v) is 2.07. The zero-order valence-corrected chi connectivity index (χ0v) is 6.09. The van der Waals surface area contributed by atoms with Gasteiger partial charge in [0, 0.05) is 0 Å². The molecule has 0 aromatic rings. The van der Waals surface area contributed by atoms with Crippen LogP contribution < -0.4 is 0 Å². The highest BCUT2D eigenvalue weighted by Gasteiger charge is 2.00. The molecule has 0 rings (SSSR count). The van der Waals surface area contributed by atoms with Crippen molar-refractivity contribution in [3.63, 3.8) is 0 Å². The van der Waals surface area contributed by atoms with Gasteiger partial charge in [0.2, 0.25) is 0 Å². The van der Waals surface area contributed by atoms with Crippen LogP contribution in [0.1, 0.15) is 20.3 Å². The Bertz CT molecular complexity index is 114. The summed E-state index contributed by atoms with van der Waals surface area (Å²) in [5, 5.41) is 9.18. The fourth-order valence-corrected chi connectivity index (χ4v) is 0.536. The van der Waals surface area contributed by atoms with Gasteiger partial charge in [-0.05, 0) is 25.8 Å².